The number of likely N-dealkylation sites (tertiary alicyclic amines) is 1. The molecule has 0 radical (unpaired) electrons. The molecule has 2 heterocycles. The van der Waals surface area contributed by atoms with Gasteiger partial charge in [-0.25, -0.2) is 4.39 Å². The predicted molar refractivity (Wildman–Crippen MR) is 90.9 cm³/mol. The molecule has 0 aliphatic carbocycles. The van der Waals surface area contributed by atoms with Crippen molar-refractivity contribution in [2.75, 3.05) is 13.1 Å². The largest absolute Gasteiger partial charge is 0.393 e. The topological polar surface area (TPSA) is 45.5 Å². The summed E-state index contributed by atoms with van der Waals surface area (Å²) in [6.07, 6.45) is 0.439. The zero-order valence-corrected chi connectivity index (χ0v) is 14.3. The van der Waals surface area contributed by atoms with Crippen LogP contribution in [-0.2, 0) is 0 Å². The number of hydrogen-bond donors (Lipinski definition) is 1. The molecular formula is C19H23FN2O2. The van der Waals surface area contributed by atoms with E-state index in [1.54, 1.807) is 19.1 Å². The van der Waals surface area contributed by atoms with Crippen LogP contribution in [0.25, 0.3) is 5.69 Å². The van der Waals surface area contributed by atoms with E-state index in [4.69, 9.17) is 0 Å². The molecule has 1 amide bonds. The lowest BCUT2D eigenvalue weighted by atomic mass is 10.0. The maximum absolute atomic E-state index is 13.2. The number of aliphatic hydroxyl groups is 1. The average molecular weight is 330 g/mol. The van der Waals surface area contributed by atoms with Crippen molar-refractivity contribution in [3.8, 4) is 5.69 Å². The summed E-state index contributed by atoms with van der Waals surface area (Å²) in [7, 11) is 0. The van der Waals surface area contributed by atoms with Crippen molar-refractivity contribution < 1.29 is 14.3 Å². The van der Waals surface area contributed by atoms with Gasteiger partial charge >= 0.3 is 0 Å². The lowest BCUT2D eigenvalue weighted by molar-refractivity contribution is 0.0762. The average Bonchev–Trinajstić information content (AvgIpc) is 3.14. The molecule has 1 fully saturated rings. The number of carbonyl (C=O) groups is 1. The number of benzene rings is 1. The molecule has 0 saturated carbocycles. The number of hydrogen-bond acceptors (Lipinski definition) is 2. The van der Waals surface area contributed by atoms with Crippen LogP contribution in [-0.4, -0.2) is 39.7 Å². The van der Waals surface area contributed by atoms with Crippen LogP contribution in [0.15, 0.2) is 30.3 Å². The van der Waals surface area contributed by atoms with Crippen molar-refractivity contribution in [3.63, 3.8) is 0 Å². The summed E-state index contributed by atoms with van der Waals surface area (Å²) >= 11 is 0. The third-order valence-corrected chi connectivity index (χ3v) is 4.94. The maximum atomic E-state index is 13.2. The van der Waals surface area contributed by atoms with Crippen molar-refractivity contribution in [2.45, 2.75) is 33.3 Å². The molecule has 1 saturated heterocycles. The van der Waals surface area contributed by atoms with Crippen LogP contribution in [0.3, 0.4) is 0 Å². The predicted octanol–water partition coefficient (Wildman–Crippen LogP) is 3.08. The van der Waals surface area contributed by atoms with Gasteiger partial charge in [0.05, 0.1) is 11.7 Å². The van der Waals surface area contributed by atoms with E-state index < -0.39 is 6.10 Å². The van der Waals surface area contributed by atoms with Gasteiger partial charge in [0.1, 0.15) is 5.82 Å². The Labute approximate surface area is 141 Å². The molecule has 128 valence electrons. The molecule has 1 aliphatic rings. The zero-order chi connectivity index (χ0) is 17.4. The lowest BCUT2D eigenvalue weighted by Gasteiger charge is -2.18. The highest BCUT2D eigenvalue weighted by molar-refractivity contribution is 5.96. The molecule has 1 N–H and O–H groups in total. The Bertz CT molecular complexity index is 749. The first-order valence-electron chi connectivity index (χ1n) is 8.30. The second kappa shape index (κ2) is 6.40. The van der Waals surface area contributed by atoms with E-state index in [1.165, 1.54) is 12.1 Å². The van der Waals surface area contributed by atoms with E-state index in [2.05, 4.69) is 0 Å². The highest BCUT2D eigenvalue weighted by atomic mass is 19.1. The van der Waals surface area contributed by atoms with Crippen LogP contribution in [0.2, 0.25) is 0 Å². The molecule has 4 nitrogen and oxygen atoms in total. The van der Waals surface area contributed by atoms with Crippen LogP contribution in [0.4, 0.5) is 4.39 Å². The van der Waals surface area contributed by atoms with Gasteiger partial charge in [-0.15, -0.1) is 0 Å². The fourth-order valence-electron chi connectivity index (χ4n) is 3.50. The molecule has 1 aromatic carbocycles. The Balaban J connectivity index is 1.89. The van der Waals surface area contributed by atoms with Crippen LogP contribution in [0.5, 0.6) is 0 Å². The summed E-state index contributed by atoms with van der Waals surface area (Å²) in [6, 6.07) is 8.15. The van der Waals surface area contributed by atoms with Crippen molar-refractivity contribution in [1.82, 2.24) is 9.47 Å². The summed E-state index contributed by atoms with van der Waals surface area (Å²) in [6.45, 7) is 6.89. The molecule has 5 heteroatoms. The SMILES string of the molecule is Cc1cc(C(=O)N2CCC(C(C)O)C2)c(C)n1-c1ccc(F)cc1. The molecule has 1 aliphatic heterocycles. The molecule has 2 atom stereocenters. The fraction of sp³-hybridized carbons (Fsp3) is 0.421. The van der Waals surface area contributed by atoms with Gasteiger partial charge in [-0.3, -0.25) is 4.79 Å². The Morgan fingerprint density at radius 2 is 1.96 bits per heavy atom. The summed E-state index contributed by atoms with van der Waals surface area (Å²) in [5, 5.41) is 9.72. The lowest BCUT2D eigenvalue weighted by Crippen LogP contribution is -2.30. The maximum Gasteiger partial charge on any atom is 0.255 e. The second-order valence-electron chi connectivity index (χ2n) is 6.64. The number of amides is 1. The normalized spacial score (nSPS) is 18.9. The molecule has 3 rings (SSSR count). The number of aliphatic hydroxyl groups excluding tert-OH is 1. The standard InChI is InChI=1S/C19H23FN2O2/c1-12-10-18(19(24)21-9-8-15(11-21)14(3)23)13(2)22(12)17-6-4-16(20)5-7-17/h4-7,10,14-15,23H,8-9,11H2,1-3H3. The molecule has 2 aromatic rings. The van der Waals surface area contributed by atoms with Gasteiger partial charge in [-0.2, -0.15) is 0 Å². The first-order valence-corrected chi connectivity index (χ1v) is 8.30. The first-order chi connectivity index (χ1) is 11.4. The van der Waals surface area contributed by atoms with E-state index in [9.17, 15) is 14.3 Å². The summed E-state index contributed by atoms with van der Waals surface area (Å²) < 4.78 is 15.1. The highest BCUT2D eigenvalue weighted by Crippen LogP contribution is 2.26. The van der Waals surface area contributed by atoms with E-state index in [1.807, 2.05) is 29.4 Å². The number of aryl methyl sites for hydroxylation is 1. The Morgan fingerprint density at radius 3 is 2.54 bits per heavy atom. The Hall–Kier alpha value is -2.14. The third kappa shape index (κ3) is 2.96. The van der Waals surface area contributed by atoms with Crippen LogP contribution in [0, 0.1) is 25.6 Å². The van der Waals surface area contributed by atoms with Crippen LogP contribution < -0.4 is 0 Å². The Morgan fingerprint density at radius 1 is 1.29 bits per heavy atom. The van der Waals surface area contributed by atoms with Crippen molar-refractivity contribution >= 4 is 5.91 Å². The molecule has 0 spiro atoms. The number of halogens is 1. The van der Waals surface area contributed by atoms with E-state index in [-0.39, 0.29) is 17.6 Å². The van der Waals surface area contributed by atoms with Crippen molar-refractivity contribution in [2.24, 2.45) is 5.92 Å². The van der Waals surface area contributed by atoms with E-state index in [0.29, 0.717) is 18.7 Å². The second-order valence-corrected chi connectivity index (χ2v) is 6.64. The quantitative estimate of drug-likeness (QED) is 0.940. The van der Waals surface area contributed by atoms with Gasteiger partial charge in [-0.1, -0.05) is 0 Å². The minimum absolute atomic E-state index is 0.000360. The number of rotatable bonds is 3. The first kappa shape index (κ1) is 16.7. The smallest absolute Gasteiger partial charge is 0.255 e. The minimum atomic E-state index is -0.394. The van der Waals surface area contributed by atoms with Gasteiger partial charge in [0.25, 0.3) is 5.91 Å². The van der Waals surface area contributed by atoms with Gasteiger partial charge in [0.2, 0.25) is 0 Å². The number of carbonyl (C=O) groups excluding carboxylic acids is 1. The monoisotopic (exact) mass is 330 g/mol. The summed E-state index contributed by atoms with van der Waals surface area (Å²) in [5.74, 6) is -0.132. The molecular weight excluding hydrogens is 307 g/mol. The third-order valence-electron chi connectivity index (χ3n) is 4.94. The molecule has 0 bridgehead atoms. The molecule has 24 heavy (non-hydrogen) atoms. The van der Waals surface area contributed by atoms with Gasteiger partial charge < -0.3 is 14.6 Å². The fourth-order valence-corrected chi connectivity index (χ4v) is 3.50. The zero-order valence-electron chi connectivity index (χ0n) is 14.3. The van der Waals surface area contributed by atoms with Gasteiger partial charge in [-0.05, 0) is 57.5 Å². The van der Waals surface area contributed by atoms with Crippen LogP contribution >= 0.6 is 0 Å². The van der Waals surface area contributed by atoms with Crippen LogP contribution in [0.1, 0.15) is 35.1 Å². The molecule has 2 unspecified atom stereocenters. The highest BCUT2D eigenvalue weighted by Gasteiger charge is 2.31. The Kier molecular flexibility index (Phi) is 4.45. The van der Waals surface area contributed by atoms with Crippen molar-refractivity contribution in [3.05, 3.63) is 53.1 Å². The van der Waals surface area contributed by atoms with E-state index >= 15 is 0 Å². The molecule has 1 aromatic heterocycles. The van der Waals surface area contributed by atoms with Gasteiger partial charge in [0.15, 0.2) is 0 Å². The van der Waals surface area contributed by atoms with E-state index in [0.717, 1.165) is 23.5 Å². The number of aromatic nitrogens is 1. The number of nitrogens with zero attached hydrogens (tertiary/aromatic N) is 2. The summed E-state index contributed by atoms with van der Waals surface area (Å²) in [5.41, 5.74) is 3.30. The minimum Gasteiger partial charge on any atom is -0.393 e. The van der Waals surface area contributed by atoms with Gasteiger partial charge in [0, 0.05) is 36.1 Å². The van der Waals surface area contributed by atoms with Crippen molar-refractivity contribution in [1.29, 1.82) is 0 Å². The summed E-state index contributed by atoms with van der Waals surface area (Å²) in [4.78, 5) is 14.7.